The van der Waals surface area contributed by atoms with E-state index in [1.54, 1.807) is 25.0 Å². The summed E-state index contributed by atoms with van der Waals surface area (Å²) < 4.78 is 0. The molecule has 0 aromatic rings. The molecule has 0 aromatic heterocycles. The molecule has 0 spiro atoms. The third-order valence-electron chi connectivity index (χ3n) is 11.5. The van der Waals surface area contributed by atoms with Crippen LogP contribution < -0.4 is 0 Å². The van der Waals surface area contributed by atoms with Crippen LogP contribution in [0.3, 0.4) is 0 Å². The van der Waals surface area contributed by atoms with E-state index in [9.17, 15) is 15.0 Å². The summed E-state index contributed by atoms with van der Waals surface area (Å²) in [5.41, 5.74) is 2.36. The summed E-state index contributed by atoms with van der Waals surface area (Å²) in [5.74, 6) is 1.97. The van der Waals surface area contributed by atoms with Gasteiger partial charge in [-0.2, -0.15) is 0 Å². The molecule has 33 heavy (non-hydrogen) atoms. The average Bonchev–Trinajstić information content (AvgIpc) is 3.00. The zero-order valence-corrected chi connectivity index (χ0v) is 22.4. The van der Waals surface area contributed by atoms with Crippen molar-refractivity contribution >= 4 is 5.78 Å². The minimum absolute atomic E-state index is 0.104. The van der Waals surface area contributed by atoms with Gasteiger partial charge in [0.25, 0.3) is 0 Å². The van der Waals surface area contributed by atoms with E-state index in [1.807, 2.05) is 0 Å². The first kappa shape index (κ1) is 25.2. The van der Waals surface area contributed by atoms with Crippen LogP contribution in [0.15, 0.2) is 23.3 Å². The number of hydrogen-bond donors (Lipinski definition) is 2. The van der Waals surface area contributed by atoms with E-state index in [2.05, 4.69) is 53.7 Å². The maximum Gasteiger partial charge on any atom is 0.138 e. The average molecular weight is 457 g/mol. The highest BCUT2D eigenvalue weighted by molar-refractivity contribution is 5.86. The van der Waals surface area contributed by atoms with Gasteiger partial charge >= 0.3 is 0 Å². The van der Waals surface area contributed by atoms with Crippen LogP contribution in [0, 0.1) is 39.4 Å². The van der Waals surface area contributed by atoms with Crippen molar-refractivity contribution in [3.63, 3.8) is 0 Å². The minimum atomic E-state index is -1.04. The Morgan fingerprint density at radius 1 is 1.06 bits per heavy atom. The normalized spacial score (nSPS) is 41.9. The van der Waals surface area contributed by atoms with E-state index in [4.69, 9.17) is 0 Å². The number of allylic oxidation sites excluding steroid dienone is 4. The Labute approximate surface area is 202 Å². The Morgan fingerprint density at radius 2 is 1.73 bits per heavy atom. The second kappa shape index (κ2) is 7.79. The molecular formula is C30H48O3. The Morgan fingerprint density at radius 3 is 2.36 bits per heavy atom. The van der Waals surface area contributed by atoms with Crippen LogP contribution >= 0.6 is 0 Å². The highest BCUT2D eigenvalue weighted by Crippen LogP contribution is 2.71. The van der Waals surface area contributed by atoms with Gasteiger partial charge in [-0.3, -0.25) is 4.79 Å². The topological polar surface area (TPSA) is 57.5 Å². The quantitative estimate of drug-likeness (QED) is 0.488. The summed E-state index contributed by atoms with van der Waals surface area (Å²) in [4.78, 5) is 12.8. The molecule has 0 bridgehead atoms. The van der Waals surface area contributed by atoms with Gasteiger partial charge in [-0.05, 0) is 104 Å². The first-order valence-corrected chi connectivity index (χ1v) is 13.4. The summed E-state index contributed by atoms with van der Waals surface area (Å²) >= 11 is 0. The smallest absolute Gasteiger partial charge is 0.138 e. The fraction of sp³-hybridized carbons (Fsp3) is 0.833. The first-order valence-electron chi connectivity index (χ1n) is 13.4. The zero-order valence-electron chi connectivity index (χ0n) is 22.4. The molecule has 2 N–H and O–H groups in total. The van der Waals surface area contributed by atoms with E-state index >= 15 is 0 Å². The number of Topliss-reactive ketones (excluding diaryl/α,β-unsaturated/α-hetero) is 1. The minimum Gasteiger partial charge on any atom is -0.390 e. The van der Waals surface area contributed by atoms with Crippen LogP contribution in [0.5, 0.6) is 0 Å². The lowest BCUT2D eigenvalue weighted by molar-refractivity contribution is -0.138. The van der Waals surface area contributed by atoms with Crippen molar-refractivity contribution in [2.24, 2.45) is 39.4 Å². The van der Waals surface area contributed by atoms with Crippen LogP contribution in [-0.2, 0) is 4.79 Å². The van der Waals surface area contributed by atoms with Gasteiger partial charge in [-0.25, -0.2) is 0 Å². The standard InChI is InChI=1S/C30H48O3/c1-19(9-12-25(32)27(4,5)33)20-13-17-30(8)22-10-11-23-26(2,3)24(31)15-16-28(23,6)21(22)14-18-29(20,30)7/h10,14,19-20,23,25,32-33H,9,11-13,15-18H2,1-8H3. The lowest BCUT2D eigenvalue weighted by atomic mass is 9.44. The number of carbonyl (C=O) groups excluding carboxylic acids is 1. The van der Waals surface area contributed by atoms with Crippen molar-refractivity contribution in [1.82, 2.24) is 0 Å². The van der Waals surface area contributed by atoms with Crippen LogP contribution in [-0.4, -0.2) is 27.7 Å². The number of rotatable bonds is 5. The molecule has 0 saturated heterocycles. The predicted molar refractivity (Wildman–Crippen MR) is 135 cm³/mol. The van der Waals surface area contributed by atoms with Gasteiger partial charge in [0.2, 0.25) is 0 Å². The second-order valence-corrected chi connectivity index (χ2v) is 13.9. The van der Waals surface area contributed by atoms with E-state index in [0.717, 1.165) is 25.7 Å². The van der Waals surface area contributed by atoms with E-state index in [1.165, 1.54) is 12.8 Å². The summed E-state index contributed by atoms with van der Waals surface area (Å²) in [5, 5.41) is 20.5. The number of carbonyl (C=O) groups is 1. The Bertz CT molecular complexity index is 873. The summed E-state index contributed by atoms with van der Waals surface area (Å²) in [6.07, 6.45) is 12.3. The third-order valence-corrected chi connectivity index (χ3v) is 11.5. The van der Waals surface area contributed by atoms with Gasteiger partial charge in [0.15, 0.2) is 0 Å². The van der Waals surface area contributed by atoms with Crippen molar-refractivity contribution in [3.05, 3.63) is 23.3 Å². The molecule has 0 aromatic carbocycles. The zero-order chi connectivity index (χ0) is 24.6. The van der Waals surface area contributed by atoms with Gasteiger partial charge in [-0.1, -0.05) is 53.7 Å². The molecule has 2 fully saturated rings. The van der Waals surface area contributed by atoms with Crippen LogP contribution in [0.25, 0.3) is 0 Å². The predicted octanol–water partition coefficient (Wildman–Crippen LogP) is 6.63. The van der Waals surface area contributed by atoms with Crippen molar-refractivity contribution < 1.29 is 15.0 Å². The Kier molecular flexibility index (Phi) is 5.94. The van der Waals surface area contributed by atoms with Gasteiger partial charge in [0, 0.05) is 11.8 Å². The fourth-order valence-corrected chi connectivity index (χ4v) is 8.73. The SMILES string of the molecule is CC(CCC(O)C(C)(C)O)C1CCC2(C)C3=CCC4C(C)(C)C(=O)CCC4(C)C3=CCC12C. The van der Waals surface area contributed by atoms with Crippen molar-refractivity contribution in [2.45, 2.75) is 118 Å². The third kappa shape index (κ3) is 3.54. The molecule has 3 nitrogen and oxygen atoms in total. The summed E-state index contributed by atoms with van der Waals surface area (Å²) in [7, 11) is 0. The number of fused-ring (bicyclic) bond motifs is 5. The molecule has 3 heteroatoms. The lowest BCUT2D eigenvalue weighted by Gasteiger charge is -2.59. The fourth-order valence-electron chi connectivity index (χ4n) is 8.73. The van der Waals surface area contributed by atoms with Gasteiger partial charge in [0.1, 0.15) is 5.78 Å². The Balaban J connectivity index is 1.62. The molecule has 7 unspecified atom stereocenters. The molecule has 4 aliphatic carbocycles. The molecule has 4 aliphatic rings. The number of ketones is 1. The highest BCUT2D eigenvalue weighted by atomic mass is 16.3. The Hall–Kier alpha value is -0.930. The number of aliphatic hydroxyl groups excluding tert-OH is 1. The molecule has 186 valence electrons. The van der Waals surface area contributed by atoms with E-state index in [0.29, 0.717) is 36.4 Å². The first-order chi connectivity index (χ1) is 15.1. The molecule has 2 saturated carbocycles. The van der Waals surface area contributed by atoms with E-state index < -0.39 is 11.7 Å². The molecular weight excluding hydrogens is 408 g/mol. The van der Waals surface area contributed by atoms with Gasteiger partial charge in [-0.15, -0.1) is 0 Å². The molecule has 0 amide bonds. The summed E-state index contributed by atoms with van der Waals surface area (Å²) in [6, 6.07) is 0. The lowest BCUT2D eigenvalue weighted by Crippen LogP contribution is -2.53. The van der Waals surface area contributed by atoms with E-state index in [-0.39, 0.29) is 21.7 Å². The highest BCUT2D eigenvalue weighted by Gasteiger charge is 2.63. The van der Waals surface area contributed by atoms with Gasteiger partial charge < -0.3 is 10.2 Å². The molecule has 4 rings (SSSR count). The van der Waals surface area contributed by atoms with Crippen LogP contribution in [0.2, 0.25) is 0 Å². The largest absolute Gasteiger partial charge is 0.390 e. The number of aliphatic hydroxyl groups is 2. The molecule has 0 radical (unpaired) electrons. The number of hydrogen-bond acceptors (Lipinski definition) is 3. The summed E-state index contributed by atoms with van der Waals surface area (Å²) in [6.45, 7) is 17.6. The van der Waals surface area contributed by atoms with Gasteiger partial charge in [0.05, 0.1) is 11.7 Å². The second-order valence-electron chi connectivity index (χ2n) is 13.9. The van der Waals surface area contributed by atoms with Crippen LogP contribution in [0.1, 0.15) is 107 Å². The molecule has 0 heterocycles. The van der Waals surface area contributed by atoms with Crippen molar-refractivity contribution in [3.8, 4) is 0 Å². The van der Waals surface area contributed by atoms with Crippen molar-refractivity contribution in [1.29, 1.82) is 0 Å². The maximum absolute atomic E-state index is 12.8. The van der Waals surface area contributed by atoms with Crippen LogP contribution in [0.4, 0.5) is 0 Å². The monoisotopic (exact) mass is 456 g/mol. The molecule has 0 aliphatic heterocycles. The maximum atomic E-state index is 12.8. The molecule has 7 atom stereocenters. The van der Waals surface area contributed by atoms with Crippen molar-refractivity contribution in [2.75, 3.05) is 0 Å².